The van der Waals surface area contributed by atoms with Crippen LogP contribution in [-0.4, -0.2) is 39.0 Å². The van der Waals surface area contributed by atoms with Gasteiger partial charge >= 0.3 is 0 Å². The lowest BCUT2D eigenvalue weighted by Gasteiger charge is -2.18. The van der Waals surface area contributed by atoms with Crippen LogP contribution in [0.5, 0.6) is 0 Å². The Balaban J connectivity index is 2.39. The van der Waals surface area contributed by atoms with E-state index in [4.69, 9.17) is 27.9 Å². The van der Waals surface area contributed by atoms with E-state index in [0.29, 0.717) is 22.6 Å². The fourth-order valence-corrected chi connectivity index (χ4v) is 4.88. The molecule has 0 saturated carbocycles. The second-order valence-corrected chi connectivity index (χ2v) is 7.62. The van der Waals surface area contributed by atoms with Gasteiger partial charge in [-0.1, -0.05) is 23.2 Å². The van der Waals surface area contributed by atoms with E-state index in [9.17, 15) is 8.42 Å². The molecule has 1 aromatic carbocycles. The molecule has 0 radical (unpaired) electrons. The van der Waals surface area contributed by atoms with Gasteiger partial charge in [-0.05, 0) is 28.1 Å². The molecule has 18 heavy (non-hydrogen) atoms. The van der Waals surface area contributed by atoms with Gasteiger partial charge in [0.25, 0.3) is 0 Å². The molecule has 0 amide bonds. The van der Waals surface area contributed by atoms with Crippen LogP contribution >= 0.6 is 39.1 Å². The topological polar surface area (TPSA) is 49.9 Å². The normalized spacial score (nSPS) is 19.3. The van der Waals surface area contributed by atoms with Gasteiger partial charge in [-0.3, -0.25) is 0 Å². The number of sulfonamides is 1. The average molecular weight is 375 g/mol. The molecule has 1 aliphatic rings. The Bertz CT molecular complexity index is 551. The minimum atomic E-state index is -3.66. The number of epoxide rings is 1. The molecule has 0 N–H and O–H groups in total. The molecule has 2 rings (SSSR count). The van der Waals surface area contributed by atoms with Crippen molar-refractivity contribution in [1.29, 1.82) is 0 Å². The molecule has 0 spiro atoms. The fourth-order valence-electron chi connectivity index (χ4n) is 1.49. The van der Waals surface area contributed by atoms with E-state index in [1.165, 1.54) is 23.5 Å². The van der Waals surface area contributed by atoms with E-state index in [1.54, 1.807) is 0 Å². The summed E-state index contributed by atoms with van der Waals surface area (Å²) >= 11 is 14.9. The zero-order valence-corrected chi connectivity index (χ0v) is 13.3. The molecular formula is C10H10BrCl2NO3S. The third-order valence-corrected chi connectivity index (χ3v) is 5.94. The van der Waals surface area contributed by atoms with Crippen molar-refractivity contribution in [3.63, 3.8) is 0 Å². The first kappa shape index (κ1) is 14.6. The van der Waals surface area contributed by atoms with Crippen LogP contribution in [0, 0.1) is 0 Å². The number of ether oxygens (including phenoxy) is 1. The summed E-state index contributed by atoms with van der Waals surface area (Å²) in [5, 5.41) is 0.469. The highest BCUT2D eigenvalue weighted by atomic mass is 79.9. The Hall–Kier alpha value is 0.150. The van der Waals surface area contributed by atoms with Crippen molar-refractivity contribution in [3.05, 3.63) is 26.7 Å². The Kier molecular flexibility index (Phi) is 4.26. The largest absolute Gasteiger partial charge is 0.372 e. The number of hydrogen-bond donors (Lipinski definition) is 0. The number of rotatable bonds is 4. The first-order chi connectivity index (χ1) is 8.32. The highest BCUT2D eigenvalue weighted by Crippen LogP contribution is 2.34. The third kappa shape index (κ3) is 3.00. The summed E-state index contributed by atoms with van der Waals surface area (Å²) in [4.78, 5) is 0.0247. The van der Waals surface area contributed by atoms with Gasteiger partial charge in [0.1, 0.15) is 4.90 Å². The van der Waals surface area contributed by atoms with Gasteiger partial charge in [-0.25, -0.2) is 8.42 Å². The molecular weight excluding hydrogens is 365 g/mol. The van der Waals surface area contributed by atoms with Crippen LogP contribution < -0.4 is 0 Å². The van der Waals surface area contributed by atoms with Crippen LogP contribution in [0.4, 0.5) is 0 Å². The predicted octanol–water partition coefficient (Wildman–Crippen LogP) is 2.78. The number of likely N-dealkylation sites (N-methyl/N-ethyl adjacent to an activating group) is 1. The summed E-state index contributed by atoms with van der Waals surface area (Å²) in [7, 11) is -2.16. The maximum atomic E-state index is 12.4. The SMILES string of the molecule is CN(CC1CO1)S(=O)(=O)c1c(Cl)cc(Cl)cc1Br. The number of halogens is 3. The Morgan fingerprint density at radius 2 is 2.11 bits per heavy atom. The molecule has 100 valence electrons. The van der Waals surface area contributed by atoms with Gasteiger partial charge < -0.3 is 4.74 Å². The van der Waals surface area contributed by atoms with Gasteiger partial charge in [0, 0.05) is 23.1 Å². The first-order valence-electron chi connectivity index (χ1n) is 5.05. The first-order valence-corrected chi connectivity index (χ1v) is 8.03. The molecule has 8 heteroatoms. The Morgan fingerprint density at radius 1 is 1.50 bits per heavy atom. The summed E-state index contributed by atoms with van der Waals surface area (Å²) in [6.45, 7) is 0.906. The van der Waals surface area contributed by atoms with E-state index < -0.39 is 10.0 Å². The van der Waals surface area contributed by atoms with Crippen LogP contribution in [0.15, 0.2) is 21.5 Å². The second kappa shape index (κ2) is 5.26. The van der Waals surface area contributed by atoms with Gasteiger partial charge in [-0.2, -0.15) is 4.31 Å². The molecule has 1 aliphatic heterocycles. The molecule has 1 unspecified atom stereocenters. The van der Waals surface area contributed by atoms with Crippen molar-refractivity contribution >= 4 is 49.2 Å². The summed E-state index contributed by atoms with van der Waals surface area (Å²) in [6.07, 6.45) is -0.0189. The van der Waals surface area contributed by atoms with Crippen LogP contribution in [-0.2, 0) is 14.8 Å². The van der Waals surface area contributed by atoms with Crippen molar-refractivity contribution in [2.24, 2.45) is 0 Å². The number of nitrogens with zero attached hydrogens (tertiary/aromatic N) is 1. The smallest absolute Gasteiger partial charge is 0.245 e. The number of hydrogen-bond acceptors (Lipinski definition) is 3. The summed E-state index contributed by atoms with van der Waals surface area (Å²) < 4.78 is 31.3. The quantitative estimate of drug-likeness (QED) is 0.761. The molecule has 1 fully saturated rings. The van der Waals surface area contributed by atoms with Crippen molar-refractivity contribution in [1.82, 2.24) is 4.31 Å². The third-order valence-electron chi connectivity index (χ3n) is 2.49. The molecule has 1 aromatic rings. The summed E-state index contributed by atoms with van der Waals surface area (Å²) in [5.41, 5.74) is 0. The Morgan fingerprint density at radius 3 is 2.61 bits per heavy atom. The second-order valence-electron chi connectivity index (χ2n) is 3.94. The van der Waals surface area contributed by atoms with Crippen LogP contribution in [0.25, 0.3) is 0 Å². The van der Waals surface area contributed by atoms with Crippen LogP contribution in [0.2, 0.25) is 10.0 Å². The monoisotopic (exact) mass is 373 g/mol. The van der Waals surface area contributed by atoms with Crippen molar-refractivity contribution in [3.8, 4) is 0 Å². The molecule has 0 bridgehead atoms. The Labute approximate surface area is 124 Å². The van der Waals surface area contributed by atoms with E-state index in [-0.39, 0.29) is 16.0 Å². The molecule has 4 nitrogen and oxygen atoms in total. The van der Waals surface area contributed by atoms with Gasteiger partial charge in [0.05, 0.1) is 17.7 Å². The standard InChI is InChI=1S/C10H10BrCl2NO3S/c1-14(4-7-5-17-7)18(15,16)10-8(11)2-6(12)3-9(10)13/h2-3,7H,4-5H2,1H3. The van der Waals surface area contributed by atoms with Gasteiger partial charge in [-0.15, -0.1) is 0 Å². The minimum Gasteiger partial charge on any atom is -0.372 e. The van der Waals surface area contributed by atoms with Crippen LogP contribution in [0.3, 0.4) is 0 Å². The van der Waals surface area contributed by atoms with E-state index >= 15 is 0 Å². The van der Waals surface area contributed by atoms with Crippen molar-refractivity contribution in [2.75, 3.05) is 20.2 Å². The molecule has 0 aliphatic carbocycles. The fraction of sp³-hybridized carbons (Fsp3) is 0.400. The lowest BCUT2D eigenvalue weighted by Crippen LogP contribution is -2.31. The van der Waals surface area contributed by atoms with E-state index in [0.717, 1.165) is 0 Å². The zero-order valence-electron chi connectivity index (χ0n) is 9.36. The van der Waals surface area contributed by atoms with Crippen molar-refractivity contribution in [2.45, 2.75) is 11.0 Å². The minimum absolute atomic E-state index is 0.0189. The van der Waals surface area contributed by atoms with Gasteiger partial charge in [0.2, 0.25) is 10.0 Å². The highest BCUT2D eigenvalue weighted by molar-refractivity contribution is 9.10. The summed E-state index contributed by atoms with van der Waals surface area (Å²) in [6, 6.07) is 2.91. The van der Waals surface area contributed by atoms with Crippen LogP contribution in [0.1, 0.15) is 0 Å². The lowest BCUT2D eigenvalue weighted by atomic mass is 10.4. The maximum absolute atomic E-state index is 12.4. The lowest BCUT2D eigenvalue weighted by molar-refractivity contribution is 0.359. The van der Waals surface area contributed by atoms with Gasteiger partial charge in [0.15, 0.2) is 0 Å². The van der Waals surface area contributed by atoms with E-state index in [2.05, 4.69) is 15.9 Å². The summed E-state index contributed by atoms with van der Waals surface area (Å²) in [5.74, 6) is 0. The molecule has 0 aromatic heterocycles. The number of benzene rings is 1. The van der Waals surface area contributed by atoms with Crippen molar-refractivity contribution < 1.29 is 13.2 Å². The average Bonchev–Trinajstić information content (AvgIpc) is 2.98. The predicted molar refractivity (Wildman–Crippen MR) is 73.7 cm³/mol. The molecule has 1 atom stereocenters. The highest BCUT2D eigenvalue weighted by Gasteiger charge is 2.32. The maximum Gasteiger partial charge on any atom is 0.245 e. The zero-order chi connectivity index (χ0) is 13.5. The molecule has 1 heterocycles. The van der Waals surface area contributed by atoms with E-state index in [1.807, 2.05) is 0 Å². The molecule has 1 saturated heterocycles.